The van der Waals surface area contributed by atoms with Gasteiger partial charge in [0.25, 0.3) is 0 Å². The van der Waals surface area contributed by atoms with Gasteiger partial charge in [-0.2, -0.15) is 0 Å². The second-order valence-corrected chi connectivity index (χ2v) is 9.66. The highest BCUT2D eigenvalue weighted by Crippen LogP contribution is 2.68. The van der Waals surface area contributed by atoms with Gasteiger partial charge in [0.15, 0.2) is 0 Å². The molecule has 0 unspecified atom stereocenters. The van der Waals surface area contributed by atoms with E-state index in [0.29, 0.717) is 17.3 Å². The molecule has 3 saturated carbocycles. The number of rotatable bonds is 1. The van der Waals surface area contributed by atoms with Crippen molar-refractivity contribution in [1.29, 1.82) is 0 Å². The summed E-state index contributed by atoms with van der Waals surface area (Å²) in [6.07, 6.45) is 10.9. The molecule has 7 atom stereocenters. The Morgan fingerprint density at radius 2 is 1.79 bits per heavy atom. The number of aliphatic hydroxyl groups is 3. The van der Waals surface area contributed by atoms with Gasteiger partial charge in [0.05, 0.1) is 0 Å². The molecule has 0 aliphatic heterocycles. The summed E-state index contributed by atoms with van der Waals surface area (Å²) in [5.74, 6) is 0.465. The van der Waals surface area contributed by atoms with E-state index in [1.54, 1.807) is 6.08 Å². The smallest absolute Gasteiger partial charge is 0.228 e. The number of allylic oxidation sites excluding steroid dienone is 1. The van der Waals surface area contributed by atoms with Crippen LogP contribution in [-0.2, 0) is 0 Å². The van der Waals surface area contributed by atoms with Crippen molar-refractivity contribution < 1.29 is 15.3 Å². The lowest BCUT2D eigenvalue weighted by Gasteiger charge is -2.62. The Labute approximate surface area is 146 Å². The molecule has 0 aromatic rings. The normalized spacial score (nSPS) is 52.9. The fourth-order valence-electron chi connectivity index (χ4n) is 7.79. The SMILES string of the molecule is CC[C@H]1CC[C@H]2[C@@H]3CC[C@H]4CC=C(O)C(O)(O)[C@]4(C)[C@H]3CC[C@]12C. The van der Waals surface area contributed by atoms with Gasteiger partial charge >= 0.3 is 0 Å². The number of aliphatic hydroxyl groups excluding tert-OH is 1. The van der Waals surface area contributed by atoms with Crippen LogP contribution in [0.4, 0.5) is 0 Å². The Kier molecular flexibility index (Phi) is 3.69. The van der Waals surface area contributed by atoms with Gasteiger partial charge in [0, 0.05) is 5.41 Å². The molecule has 0 amide bonds. The molecule has 3 heteroatoms. The highest BCUT2D eigenvalue weighted by Gasteiger charge is 2.66. The molecule has 3 N–H and O–H groups in total. The van der Waals surface area contributed by atoms with E-state index in [9.17, 15) is 15.3 Å². The fraction of sp³-hybridized carbons (Fsp3) is 0.905. The first kappa shape index (κ1) is 16.9. The molecule has 136 valence electrons. The Hall–Kier alpha value is -0.540. The average Bonchev–Trinajstić information content (AvgIpc) is 2.89. The zero-order valence-corrected chi connectivity index (χ0v) is 15.5. The summed E-state index contributed by atoms with van der Waals surface area (Å²) < 4.78 is 0. The van der Waals surface area contributed by atoms with Crippen LogP contribution in [0.3, 0.4) is 0 Å². The lowest BCUT2D eigenvalue weighted by molar-refractivity contribution is -0.292. The van der Waals surface area contributed by atoms with E-state index in [2.05, 4.69) is 13.8 Å². The maximum Gasteiger partial charge on any atom is 0.228 e. The number of fused-ring (bicyclic) bond motifs is 5. The van der Waals surface area contributed by atoms with E-state index in [4.69, 9.17) is 0 Å². The van der Waals surface area contributed by atoms with E-state index < -0.39 is 11.2 Å². The summed E-state index contributed by atoms with van der Waals surface area (Å²) in [5, 5.41) is 32.0. The topological polar surface area (TPSA) is 60.7 Å². The summed E-state index contributed by atoms with van der Waals surface area (Å²) in [7, 11) is 0. The van der Waals surface area contributed by atoms with Crippen LogP contribution in [0.25, 0.3) is 0 Å². The highest BCUT2D eigenvalue weighted by molar-refractivity contribution is 5.21. The summed E-state index contributed by atoms with van der Waals surface area (Å²) in [4.78, 5) is 0. The van der Waals surface area contributed by atoms with E-state index in [1.807, 2.05) is 6.92 Å². The maximum absolute atomic E-state index is 10.9. The predicted molar refractivity (Wildman–Crippen MR) is 94.2 cm³/mol. The zero-order chi connectivity index (χ0) is 17.3. The minimum atomic E-state index is -2.06. The van der Waals surface area contributed by atoms with Crippen LogP contribution in [0.15, 0.2) is 11.8 Å². The molecule has 0 spiro atoms. The molecule has 4 aliphatic rings. The van der Waals surface area contributed by atoms with Gasteiger partial charge in [-0.25, -0.2) is 0 Å². The Morgan fingerprint density at radius 1 is 1.04 bits per heavy atom. The van der Waals surface area contributed by atoms with E-state index >= 15 is 0 Å². The molecule has 24 heavy (non-hydrogen) atoms. The molecule has 0 aromatic carbocycles. The molecule has 0 bridgehead atoms. The molecule has 3 nitrogen and oxygen atoms in total. The minimum absolute atomic E-state index is 0.215. The third-order valence-electron chi connectivity index (χ3n) is 9.30. The number of hydrogen-bond donors (Lipinski definition) is 3. The second kappa shape index (κ2) is 5.23. The average molecular weight is 335 g/mol. The van der Waals surface area contributed by atoms with Crippen molar-refractivity contribution in [1.82, 2.24) is 0 Å². The summed E-state index contributed by atoms with van der Waals surface area (Å²) in [5.41, 5.74) is -0.167. The molecule has 0 radical (unpaired) electrons. The van der Waals surface area contributed by atoms with Crippen LogP contribution in [0.1, 0.15) is 72.1 Å². The van der Waals surface area contributed by atoms with Gasteiger partial charge in [0.1, 0.15) is 5.76 Å². The van der Waals surface area contributed by atoms with Crippen LogP contribution >= 0.6 is 0 Å². The number of hydrogen-bond acceptors (Lipinski definition) is 3. The lowest BCUT2D eigenvalue weighted by atomic mass is 9.44. The summed E-state index contributed by atoms with van der Waals surface area (Å²) >= 11 is 0. The van der Waals surface area contributed by atoms with Crippen molar-refractivity contribution >= 4 is 0 Å². The van der Waals surface area contributed by atoms with Gasteiger partial charge in [-0.1, -0.05) is 27.2 Å². The Morgan fingerprint density at radius 3 is 2.50 bits per heavy atom. The van der Waals surface area contributed by atoms with Crippen LogP contribution in [0.2, 0.25) is 0 Å². The molecule has 4 aliphatic carbocycles. The molecular weight excluding hydrogens is 300 g/mol. The van der Waals surface area contributed by atoms with Crippen molar-refractivity contribution in [3.05, 3.63) is 11.8 Å². The van der Waals surface area contributed by atoms with Gasteiger partial charge in [-0.3, -0.25) is 0 Å². The third kappa shape index (κ3) is 1.86. The molecule has 0 saturated heterocycles. The standard InChI is InChI=1S/C21H34O3/c1-4-13-6-9-16-15-8-5-14-7-10-18(22)21(23,24)20(14,3)17(15)11-12-19(13,16)2/h10,13-17,22-24H,4-9,11-12H2,1-3H3/t13-,14-,15-,16-,17-,19+,20-/m0/s1. The second-order valence-electron chi connectivity index (χ2n) is 9.66. The first-order chi connectivity index (χ1) is 11.3. The van der Waals surface area contributed by atoms with E-state index in [0.717, 1.165) is 31.1 Å². The van der Waals surface area contributed by atoms with E-state index in [1.165, 1.54) is 32.1 Å². The van der Waals surface area contributed by atoms with Gasteiger partial charge in [0.2, 0.25) is 5.79 Å². The van der Waals surface area contributed by atoms with Crippen LogP contribution in [-0.4, -0.2) is 21.1 Å². The maximum atomic E-state index is 10.9. The molecule has 3 fully saturated rings. The van der Waals surface area contributed by atoms with Crippen LogP contribution < -0.4 is 0 Å². The minimum Gasteiger partial charge on any atom is -0.507 e. The first-order valence-corrected chi connectivity index (χ1v) is 10.1. The molecule has 0 heterocycles. The van der Waals surface area contributed by atoms with Gasteiger partial charge in [-0.05, 0) is 86.0 Å². The molecule has 4 rings (SSSR count). The Balaban J connectivity index is 1.72. The van der Waals surface area contributed by atoms with E-state index in [-0.39, 0.29) is 11.7 Å². The van der Waals surface area contributed by atoms with Crippen molar-refractivity contribution in [3.63, 3.8) is 0 Å². The summed E-state index contributed by atoms with van der Waals surface area (Å²) in [6.45, 7) is 6.89. The highest BCUT2D eigenvalue weighted by atomic mass is 16.5. The molecule has 0 aromatic heterocycles. The largest absolute Gasteiger partial charge is 0.507 e. The first-order valence-electron chi connectivity index (χ1n) is 10.1. The molecular formula is C21H34O3. The monoisotopic (exact) mass is 334 g/mol. The van der Waals surface area contributed by atoms with Crippen molar-refractivity contribution in [2.24, 2.45) is 40.4 Å². The fourth-order valence-corrected chi connectivity index (χ4v) is 7.79. The quantitative estimate of drug-likeness (QED) is 0.623. The lowest BCUT2D eigenvalue weighted by Crippen LogP contribution is -2.63. The predicted octanol–water partition coefficient (Wildman–Crippen LogP) is 4.40. The zero-order valence-electron chi connectivity index (χ0n) is 15.5. The van der Waals surface area contributed by atoms with Gasteiger partial charge < -0.3 is 15.3 Å². The summed E-state index contributed by atoms with van der Waals surface area (Å²) in [6, 6.07) is 0. The van der Waals surface area contributed by atoms with Gasteiger partial charge in [-0.15, -0.1) is 0 Å². The van der Waals surface area contributed by atoms with Crippen LogP contribution in [0, 0.1) is 40.4 Å². The van der Waals surface area contributed by atoms with Crippen LogP contribution in [0.5, 0.6) is 0 Å². The third-order valence-corrected chi connectivity index (χ3v) is 9.30. The van der Waals surface area contributed by atoms with Crippen molar-refractivity contribution in [3.8, 4) is 0 Å². The Bertz CT molecular complexity index is 553. The van der Waals surface area contributed by atoms with Crippen molar-refractivity contribution in [2.45, 2.75) is 77.9 Å². The van der Waals surface area contributed by atoms with Crippen molar-refractivity contribution in [2.75, 3.05) is 0 Å².